The number of fused-ring (bicyclic) bond motifs is 3. The quantitative estimate of drug-likeness (QED) is 0.771. The topological polar surface area (TPSA) is 77.1 Å². The second kappa shape index (κ2) is 4.34. The van der Waals surface area contributed by atoms with Crippen molar-refractivity contribution in [3.8, 4) is 0 Å². The third-order valence-electron chi connectivity index (χ3n) is 4.37. The van der Waals surface area contributed by atoms with Crippen LogP contribution in [-0.4, -0.2) is 23.5 Å². The second-order valence-electron chi connectivity index (χ2n) is 5.54. The van der Waals surface area contributed by atoms with E-state index in [1.54, 1.807) is 7.05 Å². The number of aromatic nitrogens is 5. The van der Waals surface area contributed by atoms with Gasteiger partial charge in [-0.05, 0) is 27.2 Å². The fraction of sp³-hybridized carbons (Fsp3) is 0.500. The highest BCUT2D eigenvalue weighted by atomic mass is 16.2. The molecule has 0 bridgehead atoms. The van der Waals surface area contributed by atoms with E-state index in [9.17, 15) is 9.59 Å². The third-order valence-corrected chi connectivity index (χ3v) is 4.37. The van der Waals surface area contributed by atoms with Crippen LogP contribution in [-0.2, 0) is 7.05 Å². The molecule has 1 atom stereocenters. The van der Waals surface area contributed by atoms with Gasteiger partial charge in [0.25, 0.3) is 5.56 Å². The molecule has 0 saturated heterocycles. The minimum absolute atomic E-state index is 0.272. The Morgan fingerprint density at radius 2 is 1.90 bits per heavy atom. The fourth-order valence-electron chi connectivity index (χ4n) is 2.85. The molecule has 3 heterocycles. The molecule has 3 aromatic rings. The Labute approximate surface area is 120 Å². The van der Waals surface area contributed by atoms with Gasteiger partial charge in [0.15, 0.2) is 11.2 Å². The zero-order chi connectivity index (χ0) is 15.5. The number of nitrogens with one attached hydrogen (secondary N) is 1. The van der Waals surface area contributed by atoms with E-state index in [4.69, 9.17) is 0 Å². The number of aryl methyl sites for hydroxylation is 2. The molecule has 1 N–H and O–H groups in total. The molecule has 0 fully saturated rings. The highest BCUT2D eigenvalue weighted by Crippen LogP contribution is 2.25. The average Bonchev–Trinajstić information content (AvgIpc) is 2.93. The molecule has 0 spiro atoms. The standard InChI is InChI=1S/C14H19N5O2/c1-6-7(2)18-8(3)9(4)19-10-11(15-13(18)19)17(5)14(21)16-12(10)20/h7H,6H2,1-5H3,(H,16,20,21)/t7-/m1/s1. The Hall–Kier alpha value is -2.31. The predicted molar refractivity (Wildman–Crippen MR) is 81.0 cm³/mol. The second-order valence-corrected chi connectivity index (χ2v) is 5.54. The normalized spacial score (nSPS) is 13.4. The van der Waals surface area contributed by atoms with Gasteiger partial charge in [-0.15, -0.1) is 0 Å². The molecule has 0 saturated carbocycles. The number of hydrogen-bond donors (Lipinski definition) is 1. The minimum atomic E-state index is -0.447. The molecule has 112 valence electrons. The molecule has 0 aliphatic heterocycles. The van der Waals surface area contributed by atoms with Gasteiger partial charge in [-0.3, -0.25) is 18.7 Å². The molecule has 7 nitrogen and oxygen atoms in total. The zero-order valence-corrected chi connectivity index (χ0v) is 12.9. The highest BCUT2D eigenvalue weighted by Gasteiger charge is 2.22. The summed E-state index contributed by atoms with van der Waals surface area (Å²) in [5.41, 5.74) is 2.05. The van der Waals surface area contributed by atoms with Crippen molar-refractivity contribution in [3.63, 3.8) is 0 Å². The molecule has 7 heteroatoms. The van der Waals surface area contributed by atoms with Crippen LogP contribution in [0.2, 0.25) is 0 Å². The summed E-state index contributed by atoms with van der Waals surface area (Å²) < 4.78 is 5.34. The fourth-order valence-corrected chi connectivity index (χ4v) is 2.85. The van der Waals surface area contributed by atoms with Crippen molar-refractivity contribution in [2.75, 3.05) is 0 Å². The lowest BCUT2D eigenvalue weighted by Crippen LogP contribution is -2.28. The number of H-pyrrole nitrogens is 1. The monoisotopic (exact) mass is 289 g/mol. The van der Waals surface area contributed by atoms with Gasteiger partial charge in [0.2, 0.25) is 5.78 Å². The lowest BCUT2D eigenvalue weighted by molar-refractivity contribution is 0.532. The average molecular weight is 289 g/mol. The first-order chi connectivity index (χ1) is 9.88. The zero-order valence-electron chi connectivity index (χ0n) is 12.9. The maximum Gasteiger partial charge on any atom is 0.329 e. The van der Waals surface area contributed by atoms with Crippen molar-refractivity contribution >= 4 is 16.9 Å². The molecule has 0 radical (unpaired) electrons. The summed E-state index contributed by atoms with van der Waals surface area (Å²) in [5, 5.41) is 0. The largest absolute Gasteiger partial charge is 0.329 e. The van der Waals surface area contributed by atoms with E-state index in [2.05, 4.69) is 28.4 Å². The predicted octanol–water partition coefficient (Wildman–Crippen LogP) is 1.26. The number of rotatable bonds is 2. The first-order valence-corrected chi connectivity index (χ1v) is 7.07. The number of imidazole rings is 2. The van der Waals surface area contributed by atoms with Crippen LogP contribution in [0.5, 0.6) is 0 Å². The molecule has 0 amide bonds. The van der Waals surface area contributed by atoms with Gasteiger partial charge in [-0.2, -0.15) is 4.98 Å². The van der Waals surface area contributed by atoms with Crippen molar-refractivity contribution in [2.24, 2.45) is 7.05 Å². The first-order valence-electron chi connectivity index (χ1n) is 7.07. The number of hydrogen-bond acceptors (Lipinski definition) is 3. The molecule has 0 unspecified atom stereocenters. The minimum Gasteiger partial charge on any atom is -0.311 e. The molecule has 21 heavy (non-hydrogen) atoms. The van der Waals surface area contributed by atoms with Gasteiger partial charge >= 0.3 is 5.69 Å². The Morgan fingerprint density at radius 1 is 1.24 bits per heavy atom. The molecule has 3 aromatic heterocycles. The van der Waals surface area contributed by atoms with E-state index in [1.807, 2.05) is 18.2 Å². The molecule has 0 aliphatic carbocycles. The van der Waals surface area contributed by atoms with Crippen LogP contribution in [0, 0.1) is 13.8 Å². The van der Waals surface area contributed by atoms with Crippen molar-refractivity contribution in [3.05, 3.63) is 32.2 Å². The van der Waals surface area contributed by atoms with Crippen LogP contribution < -0.4 is 11.2 Å². The summed E-state index contributed by atoms with van der Waals surface area (Å²) in [5.74, 6) is 0.709. The van der Waals surface area contributed by atoms with Crippen LogP contribution in [0.25, 0.3) is 16.9 Å². The Morgan fingerprint density at radius 3 is 2.52 bits per heavy atom. The van der Waals surface area contributed by atoms with Crippen LogP contribution >= 0.6 is 0 Å². The van der Waals surface area contributed by atoms with Crippen molar-refractivity contribution < 1.29 is 0 Å². The molecular weight excluding hydrogens is 270 g/mol. The lowest BCUT2D eigenvalue weighted by Gasteiger charge is -2.13. The lowest BCUT2D eigenvalue weighted by atomic mass is 10.2. The molecule has 0 aromatic carbocycles. The summed E-state index contributed by atoms with van der Waals surface area (Å²) >= 11 is 0. The smallest absolute Gasteiger partial charge is 0.311 e. The highest BCUT2D eigenvalue weighted by molar-refractivity contribution is 5.76. The number of nitrogens with zero attached hydrogens (tertiary/aromatic N) is 4. The van der Waals surface area contributed by atoms with Crippen molar-refractivity contribution in [1.82, 2.24) is 23.5 Å². The number of aromatic amines is 1. The van der Waals surface area contributed by atoms with Gasteiger partial charge in [-0.1, -0.05) is 6.92 Å². The Kier molecular flexibility index (Phi) is 2.82. The van der Waals surface area contributed by atoms with Crippen LogP contribution in [0.1, 0.15) is 37.7 Å². The van der Waals surface area contributed by atoms with Gasteiger partial charge in [-0.25, -0.2) is 4.79 Å². The van der Waals surface area contributed by atoms with Crippen LogP contribution in [0.4, 0.5) is 0 Å². The van der Waals surface area contributed by atoms with Gasteiger partial charge in [0, 0.05) is 24.5 Å². The van der Waals surface area contributed by atoms with Gasteiger partial charge < -0.3 is 4.57 Å². The van der Waals surface area contributed by atoms with Gasteiger partial charge in [0.05, 0.1) is 0 Å². The molecular formula is C14H19N5O2. The summed E-state index contributed by atoms with van der Waals surface area (Å²) in [6, 6.07) is 0.272. The van der Waals surface area contributed by atoms with Crippen molar-refractivity contribution in [1.29, 1.82) is 0 Å². The third kappa shape index (κ3) is 1.63. The van der Waals surface area contributed by atoms with Crippen LogP contribution in [0.3, 0.4) is 0 Å². The molecule has 3 rings (SSSR count). The van der Waals surface area contributed by atoms with E-state index in [-0.39, 0.29) is 6.04 Å². The first kappa shape index (κ1) is 13.7. The van der Waals surface area contributed by atoms with Crippen LogP contribution in [0.15, 0.2) is 9.59 Å². The van der Waals surface area contributed by atoms with E-state index < -0.39 is 11.2 Å². The van der Waals surface area contributed by atoms with Gasteiger partial charge in [0.1, 0.15) is 0 Å². The van der Waals surface area contributed by atoms with Crippen molar-refractivity contribution in [2.45, 2.75) is 40.2 Å². The van der Waals surface area contributed by atoms with E-state index >= 15 is 0 Å². The Balaban J connectivity index is 2.61. The summed E-state index contributed by atoms with van der Waals surface area (Å²) in [6.45, 7) is 8.22. The SMILES string of the molecule is CC[C@@H](C)n1c(C)c(C)n2c3c(=O)[nH]c(=O)n(C)c3nc12. The van der Waals surface area contributed by atoms with E-state index in [1.165, 1.54) is 4.57 Å². The molecule has 0 aliphatic rings. The van der Waals surface area contributed by atoms with E-state index in [0.717, 1.165) is 17.8 Å². The maximum atomic E-state index is 12.2. The summed E-state index contributed by atoms with van der Waals surface area (Å²) in [4.78, 5) is 30.8. The summed E-state index contributed by atoms with van der Waals surface area (Å²) in [6.07, 6.45) is 0.961. The van der Waals surface area contributed by atoms with E-state index in [0.29, 0.717) is 16.9 Å². The maximum absolute atomic E-state index is 12.2. The Bertz CT molecular complexity index is 969. The summed E-state index contributed by atoms with van der Waals surface area (Å²) in [7, 11) is 1.61.